The van der Waals surface area contributed by atoms with Gasteiger partial charge in [-0.2, -0.15) is 0 Å². The number of nitrogens with zero attached hydrogens (tertiary/aromatic N) is 1. The van der Waals surface area contributed by atoms with Crippen molar-refractivity contribution in [1.82, 2.24) is 4.98 Å². The number of pyridine rings is 1. The van der Waals surface area contributed by atoms with Crippen molar-refractivity contribution in [3.8, 4) is 5.75 Å². The van der Waals surface area contributed by atoms with Crippen molar-refractivity contribution < 1.29 is 19.4 Å². The minimum Gasteiger partial charge on any atom is -0.487 e. The zero-order valence-corrected chi connectivity index (χ0v) is 15.9. The molecule has 0 unspecified atom stereocenters. The standard InChI is InChI=1S/C20H14Cl2N2O4/c21-12-4-6-15(17(22)9-12)19(25)24-18-7-5-14(10-16(18)20(26)27)28-11-13-3-1-2-8-23-13/h1-10H,11H2,(H,24,25)(H,26,27). The summed E-state index contributed by atoms with van der Waals surface area (Å²) >= 11 is 11.9. The third-order valence-electron chi connectivity index (χ3n) is 3.76. The van der Waals surface area contributed by atoms with E-state index in [1.807, 2.05) is 6.07 Å². The van der Waals surface area contributed by atoms with Crippen LogP contribution in [0.25, 0.3) is 0 Å². The van der Waals surface area contributed by atoms with E-state index in [1.54, 1.807) is 24.4 Å². The lowest BCUT2D eigenvalue weighted by atomic mass is 10.1. The summed E-state index contributed by atoms with van der Waals surface area (Å²) in [6, 6.07) is 14.2. The molecule has 0 radical (unpaired) electrons. The number of ether oxygens (including phenoxy) is 1. The van der Waals surface area contributed by atoms with Gasteiger partial charge in [0.25, 0.3) is 5.91 Å². The summed E-state index contributed by atoms with van der Waals surface area (Å²) in [6.45, 7) is 0.186. The fourth-order valence-corrected chi connectivity index (χ4v) is 2.90. The lowest BCUT2D eigenvalue weighted by molar-refractivity contribution is 0.0697. The lowest BCUT2D eigenvalue weighted by Crippen LogP contribution is -2.15. The molecule has 3 rings (SSSR count). The molecule has 1 amide bonds. The SMILES string of the molecule is O=C(Nc1ccc(OCc2ccccn2)cc1C(=O)O)c1ccc(Cl)cc1Cl. The number of amides is 1. The van der Waals surface area contributed by atoms with Gasteiger partial charge in [0, 0.05) is 11.2 Å². The largest absolute Gasteiger partial charge is 0.487 e. The smallest absolute Gasteiger partial charge is 0.337 e. The molecule has 8 heteroatoms. The minimum atomic E-state index is -1.21. The van der Waals surface area contributed by atoms with Crippen molar-refractivity contribution in [3.63, 3.8) is 0 Å². The highest BCUT2D eigenvalue weighted by Gasteiger charge is 2.17. The molecule has 0 bridgehead atoms. The van der Waals surface area contributed by atoms with Gasteiger partial charge in [0.15, 0.2) is 0 Å². The minimum absolute atomic E-state index is 0.114. The number of halogens is 2. The van der Waals surface area contributed by atoms with Gasteiger partial charge in [0.1, 0.15) is 12.4 Å². The third-order valence-corrected chi connectivity index (χ3v) is 4.31. The highest BCUT2D eigenvalue weighted by Crippen LogP contribution is 2.26. The average Bonchev–Trinajstić information content (AvgIpc) is 2.67. The number of nitrogens with one attached hydrogen (secondary N) is 1. The van der Waals surface area contributed by atoms with Crippen LogP contribution in [-0.2, 0) is 6.61 Å². The van der Waals surface area contributed by atoms with Crippen LogP contribution in [-0.4, -0.2) is 22.0 Å². The Morgan fingerprint density at radius 3 is 2.54 bits per heavy atom. The number of rotatable bonds is 6. The summed E-state index contributed by atoms with van der Waals surface area (Å²) in [5.74, 6) is -1.42. The number of aromatic carboxylic acids is 1. The maximum Gasteiger partial charge on any atom is 0.337 e. The molecule has 0 aliphatic heterocycles. The number of hydrogen-bond donors (Lipinski definition) is 2. The van der Waals surface area contributed by atoms with Gasteiger partial charge < -0.3 is 15.2 Å². The molecule has 6 nitrogen and oxygen atoms in total. The fourth-order valence-electron chi connectivity index (χ4n) is 2.40. The van der Waals surface area contributed by atoms with Crippen LogP contribution >= 0.6 is 23.2 Å². The van der Waals surface area contributed by atoms with E-state index in [9.17, 15) is 14.7 Å². The van der Waals surface area contributed by atoms with Crippen LogP contribution in [0.1, 0.15) is 26.4 Å². The van der Waals surface area contributed by atoms with E-state index in [-0.39, 0.29) is 28.4 Å². The third kappa shape index (κ3) is 4.79. The molecular formula is C20H14Cl2N2O4. The summed E-state index contributed by atoms with van der Waals surface area (Å²) in [5.41, 5.74) is 0.887. The average molecular weight is 417 g/mol. The van der Waals surface area contributed by atoms with E-state index in [4.69, 9.17) is 27.9 Å². The number of carboxylic acid groups (broad SMARTS) is 1. The Hall–Kier alpha value is -3.09. The topological polar surface area (TPSA) is 88.5 Å². The van der Waals surface area contributed by atoms with Crippen molar-refractivity contribution >= 4 is 40.8 Å². The highest BCUT2D eigenvalue weighted by molar-refractivity contribution is 6.37. The second-order valence-corrected chi connectivity index (χ2v) is 6.54. The summed E-state index contributed by atoms with van der Waals surface area (Å²) in [5, 5.41) is 12.6. The Morgan fingerprint density at radius 1 is 1.04 bits per heavy atom. The first kappa shape index (κ1) is 19.7. The Bertz CT molecular complexity index is 1030. The van der Waals surface area contributed by atoms with Gasteiger partial charge in [0.2, 0.25) is 0 Å². The van der Waals surface area contributed by atoms with Crippen molar-refractivity contribution in [2.24, 2.45) is 0 Å². The van der Waals surface area contributed by atoms with Gasteiger partial charge in [-0.05, 0) is 48.5 Å². The number of carbonyl (C=O) groups excluding carboxylic acids is 1. The summed E-state index contributed by atoms with van der Waals surface area (Å²) < 4.78 is 5.59. The Balaban J connectivity index is 1.79. The summed E-state index contributed by atoms with van der Waals surface area (Å²) in [7, 11) is 0. The fraction of sp³-hybridized carbons (Fsp3) is 0.0500. The van der Waals surface area contributed by atoms with Crippen LogP contribution in [0.4, 0.5) is 5.69 Å². The molecule has 0 aliphatic carbocycles. The number of anilines is 1. The molecule has 2 N–H and O–H groups in total. The molecule has 1 heterocycles. The Morgan fingerprint density at radius 2 is 1.86 bits per heavy atom. The molecule has 28 heavy (non-hydrogen) atoms. The summed E-state index contributed by atoms with van der Waals surface area (Å²) in [4.78, 5) is 28.2. The van der Waals surface area contributed by atoms with Crippen LogP contribution in [0, 0.1) is 0 Å². The molecule has 0 saturated heterocycles. The van der Waals surface area contributed by atoms with Crippen molar-refractivity contribution in [2.75, 3.05) is 5.32 Å². The normalized spacial score (nSPS) is 10.4. The van der Waals surface area contributed by atoms with Crippen molar-refractivity contribution in [3.05, 3.63) is 87.7 Å². The lowest BCUT2D eigenvalue weighted by Gasteiger charge is -2.12. The Kier molecular flexibility index (Phi) is 6.13. The number of aromatic nitrogens is 1. The second kappa shape index (κ2) is 8.73. The van der Waals surface area contributed by atoms with Crippen LogP contribution in [0.5, 0.6) is 5.75 Å². The molecule has 0 atom stereocenters. The van der Waals surface area contributed by atoms with Gasteiger partial charge >= 0.3 is 5.97 Å². The van der Waals surface area contributed by atoms with E-state index in [1.165, 1.54) is 30.3 Å². The van der Waals surface area contributed by atoms with Crippen LogP contribution in [0.3, 0.4) is 0 Å². The first-order valence-corrected chi connectivity index (χ1v) is 8.86. The highest BCUT2D eigenvalue weighted by atomic mass is 35.5. The van der Waals surface area contributed by atoms with E-state index in [2.05, 4.69) is 10.3 Å². The second-order valence-electron chi connectivity index (χ2n) is 5.70. The van der Waals surface area contributed by atoms with Crippen LogP contribution in [0.2, 0.25) is 10.0 Å². The van der Waals surface area contributed by atoms with Crippen LogP contribution in [0.15, 0.2) is 60.8 Å². The molecule has 0 saturated carbocycles. The predicted molar refractivity (Wildman–Crippen MR) is 106 cm³/mol. The van der Waals surface area contributed by atoms with Gasteiger partial charge in [-0.3, -0.25) is 9.78 Å². The number of benzene rings is 2. The van der Waals surface area contributed by atoms with Gasteiger partial charge in [0.05, 0.1) is 27.5 Å². The first-order valence-electron chi connectivity index (χ1n) is 8.10. The molecule has 3 aromatic rings. The summed E-state index contributed by atoms with van der Waals surface area (Å²) in [6.07, 6.45) is 1.64. The van der Waals surface area contributed by atoms with Crippen molar-refractivity contribution in [2.45, 2.75) is 6.61 Å². The molecule has 142 valence electrons. The van der Waals surface area contributed by atoms with E-state index >= 15 is 0 Å². The zero-order chi connectivity index (χ0) is 20.1. The van der Waals surface area contributed by atoms with Crippen LogP contribution < -0.4 is 10.1 Å². The number of carbonyl (C=O) groups is 2. The molecule has 0 fully saturated rings. The molecular weight excluding hydrogens is 403 g/mol. The maximum atomic E-state index is 12.4. The molecule has 1 aromatic heterocycles. The quantitative estimate of drug-likeness (QED) is 0.595. The number of hydrogen-bond acceptors (Lipinski definition) is 4. The van der Waals surface area contributed by atoms with E-state index < -0.39 is 11.9 Å². The monoisotopic (exact) mass is 416 g/mol. The predicted octanol–water partition coefficient (Wildman–Crippen LogP) is 4.92. The zero-order valence-electron chi connectivity index (χ0n) is 14.4. The maximum absolute atomic E-state index is 12.4. The Labute approximate surface area is 170 Å². The van der Waals surface area contributed by atoms with Gasteiger partial charge in [-0.25, -0.2) is 4.79 Å². The molecule has 2 aromatic carbocycles. The van der Waals surface area contributed by atoms with Gasteiger partial charge in [-0.1, -0.05) is 29.3 Å². The first-order chi connectivity index (χ1) is 13.4. The molecule has 0 spiro atoms. The van der Waals surface area contributed by atoms with Gasteiger partial charge in [-0.15, -0.1) is 0 Å². The van der Waals surface area contributed by atoms with E-state index in [0.29, 0.717) is 16.5 Å². The van der Waals surface area contributed by atoms with Crippen molar-refractivity contribution in [1.29, 1.82) is 0 Å². The number of carboxylic acids is 1. The van der Waals surface area contributed by atoms with E-state index in [0.717, 1.165) is 0 Å². The molecule has 0 aliphatic rings.